The molecule has 20 heavy (non-hydrogen) atoms. The van der Waals surface area contributed by atoms with Gasteiger partial charge in [0.15, 0.2) is 0 Å². The number of morpholine rings is 1. The Kier molecular flexibility index (Phi) is 5.80. The lowest BCUT2D eigenvalue weighted by Gasteiger charge is -2.43. The molecule has 0 spiro atoms. The molecule has 0 aromatic carbocycles. The molecule has 1 saturated heterocycles. The van der Waals surface area contributed by atoms with E-state index in [2.05, 4.69) is 5.32 Å². The van der Waals surface area contributed by atoms with Gasteiger partial charge in [-0.2, -0.15) is 17.0 Å². The SMILES string of the molecule is CNCCCN(C)S(=O)(=O)N1CCOC2CCCCC21. The van der Waals surface area contributed by atoms with E-state index in [-0.39, 0.29) is 12.1 Å². The normalized spacial score (nSPS) is 28.6. The van der Waals surface area contributed by atoms with Crippen molar-refractivity contribution in [1.82, 2.24) is 13.9 Å². The van der Waals surface area contributed by atoms with Crippen LogP contribution < -0.4 is 5.32 Å². The second-order valence-corrected chi connectivity index (χ2v) is 7.65. The van der Waals surface area contributed by atoms with E-state index in [9.17, 15) is 8.42 Å². The first kappa shape index (κ1) is 16.2. The van der Waals surface area contributed by atoms with Crippen LogP contribution in [0.25, 0.3) is 0 Å². The zero-order valence-electron chi connectivity index (χ0n) is 12.5. The predicted octanol–water partition coefficient (Wildman–Crippen LogP) is 0.416. The molecule has 1 aliphatic carbocycles. The van der Waals surface area contributed by atoms with E-state index < -0.39 is 10.2 Å². The van der Waals surface area contributed by atoms with Crippen molar-refractivity contribution in [2.45, 2.75) is 44.2 Å². The molecule has 0 aromatic rings. The van der Waals surface area contributed by atoms with E-state index in [1.165, 1.54) is 4.31 Å². The van der Waals surface area contributed by atoms with E-state index in [0.29, 0.717) is 19.7 Å². The van der Waals surface area contributed by atoms with Gasteiger partial charge in [-0.3, -0.25) is 0 Å². The van der Waals surface area contributed by atoms with Crippen molar-refractivity contribution in [2.75, 3.05) is 40.3 Å². The topological polar surface area (TPSA) is 61.9 Å². The molecular weight excluding hydrogens is 278 g/mol. The van der Waals surface area contributed by atoms with Gasteiger partial charge < -0.3 is 10.1 Å². The third-order valence-electron chi connectivity index (χ3n) is 4.27. The Balaban J connectivity index is 2.03. The number of fused-ring (bicyclic) bond motifs is 1. The maximum atomic E-state index is 12.7. The molecular formula is C13H27N3O3S. The molecule has 1 saturated carbocycles. The summed E-state index contributed by atoms with van der Waals surface area (Å²) < 4.78 is 34.3. The minimum Gasteiger partial charge on any atom is -0.375 e. The van der Waals surface area contributed by atoms with Gasteiger partial charge in [0.25, 0.3) is 10.2 Å². The van der Waals surface area contributed by atoms with Crippen LogP contribution in [0.2, 0.25) is 0 Å². The van der Waals surface area contributed by atoms with Gasteiger partial charge in [-0.05, 0) is 32.9 Å². The summed E-state index contributed by atoms with van der Waals surface area (Å²) in [5.41, 5.74) is 0. The average molecular weight is 305 g/mol. The summed E-state index contributed by atoms with van der Waals surface area (Å²) in [7, 11) is 0.203. The first-order valence-corrected chi connectivity index (χ1v) is 8.96. The van der Waals surface area contributed by atoms with Crippen LogP contribution in [-0.4, -0.2) is 69.5 Å². The zero-order valence-corrected chi connectivity index (χ0v) is 13.4. The molecule has 1 aliphatic heterocycles. The Labute approximate surface area is 122 Å². The van der Waals surface area contributed by atoms with Crippen molar-refractivity contribution in [3.8, 4) is 0 Å². The van der Waals surface area contributed by atoms with Crippen LogP contribution in [0.3, 0.4) is 0 Å². The van der Waals surface area contributed by atoms with E-state index in [4.69, 9.17) is 4.74 Å². The Morgan fingerprint density at radius 2 is 2.10 bits per heavy atom. The van der Waals surface area contributed by atoms with Crippen LogP contribution in [0.1, 0.15) is 32.1 Å². The summed E-state index contributed by atoms with van der Waals surface area (Å²) in [6.45, 7) is 2.39. The fraction of sp³-hybridized carbons (Fsp3) is 1.00. The van der Waals surface area contributed by atoms with Crippen molar-refractivity contribution < 1.29 is 13.2 Å². The van der Waals surface area contributed by atoms with Gasteiger partial charge in [-0.1, -0.05) is 12.8 Å². The monoisotopic (exact) mass is 305 g/mol. The second-order valence-electron chi connectivity index (χ2n) is 5.66. The molecule has 0 radical (unpaired) electrons. The molecule has 2 atom stereocenters. The number of nitrogens with one attached hydrogen (secondary N) is 1. The maximum Gasteiger partial charge on any atom is 0.282 e. The predicted molar refractivity (Wildman–Crippen MR) is 78.8 cm³/mol. The first-order chi connectivity index (χ1) is 9.57. The van der Waals surface area contributed by atoms with Gasteiger partial charge in [0, 0.05) is 20.1 Å². The zero-order chi connectivity index (χ0) is 14.6. The second kappa shape index (κ2) is 7.17. The molecule has 1 N–H and O–H groups in total. The largest absolute Gasteiger partial charge is 0.375 e. The fourth-order valence-corrected chi connectivity index (χ4v) is 4.73. The summed E-state index contributed by atoms with van der Waals surface area (Å²) in [5, 5.41) is 3.04. The van der Waals surface area contributed by atoms with Crippen LogP contribution in [0.4, 0.5) is 0 Å². The maximum absolute atomic E-state index is 12.7. The highest BCUT2D eigenvalue weighted by atomic mass is 32.2. The molecule has 2 fully saturated rings. The van der Waals surface area contributed by atoms with Crippen molar-refractivity contribution in [1.29, 1.82) is 0 Å². The summed E-state index contributed by atoms with van der Waals surface area (Å²) in [4.78, 5) is 0. The summed E-state index contributed by atoms with van der Waals surface area (Å²) in [5.74, 6) is 0. The highest BCUT2D eigenvalue weighted by molar-refractivity contribution is 7.86. The number of hydrogen-bond acceptors (Lipinski definition) is 4. The minimum absolute atomic E-state index is 0.0363. The molecule has 118 valence electrons. The van der Waals surface area contributed by atoms with Gasteiger partial charge in [0.2, 0.25) is 0 Å². The molecule has 0 aromatic heterocycles. The lowest BCUT2D eigenvalue weighted by atomic mass is 9.91. The lowest BCUT2D eigenvalue weighted by Crippen LogP contribution is -2.57. The first-order valence-electron chi connectivity index (χ1n) is 7.56. The molecule has 0 bridgehead atoms. The van der Waals surface area contributed by atoms with E-state index in [0.717, 1.165) is 38.6 Å². The van der Waals surface area contributed by atoms with Gasteiger partial charge >= 0.3 is 0 Å². The van der Waals surface area contributed by atoms with Crippen LogP contribution >= 0.6 is 0 Å². The number of rotatable bonds is 6. The summed E-state index contributed by atoms with van der Waals surface area (Å²) in [6, 6.07) is 0.0363. The molecule has 2 unspecified atom stereocenters. The number of nitrogens with zero attached hydrogens (tertiary/aromatic N) is 2. The molecule has 2 rings (SSSR count). The van der Waals surface area contributed by atoms with Crippen LogP contribution in [-0.2, 0) is 14.9 Å². The lowest BCUT2D eigenvalue weighted by molar-refractivity contribution is -0.0600. The molecule has 1 heterocycles. The van der Waals surface area contributed by atoms with E-state index >= 15 is 0 Å². The Bertz CT molecular complexity index is 400. The highest BCUT2D eigenvalue weighted by Gasteiger charge is 2.41. The quantitative estimate of drug-likeness (QED) is 0.722. The molecule has 6 nitrogen and oxygen atoms in total. The molecule has 7 heteroatoms. The minimum atomic E-state index is -3.35. The van der Waals surface area contributed by atoms with Crippen molar-refractivity contribution >= 4 is 10.2 Å². The van der Waals surface area contributed by atoms with Crippen molar-refractivity contribution in [3.05, 3.63) is 0 Å². The standard InChI is InChI=1S/C13H27N3O3S/c1-14-8-5-9-15(2)20(17,18)16-10-11-19-13-7-4-3-6-12(13)16/h12-14H,3-11H2,1-2H3. The van der Waals surface area contributed by atoms with Crippen LogP contribution in [0.5, 0.6) is 0 Å². The number of hydrogen-bond donors (Lipinski definition) is 1. The van der Waals surface area contributed by atoms with Gasteiger partial charge in [0.05, 0.1) is 18.8 Å². The smallest absolute Gasteiger partial charge is 0.282 e. The van der Waals surface area contributed by atoms with Crippen molar-refractivity contribution in [3.63, 3.8) is 0 Å². The summed E-state index contributed by atoms with van der Waals surface area (Å²) in [6.07, 6.45) is 5.07. The Hall–Kier alpha value is -0.210. The van der Waals surface area contributed by atoms with Crippen molar-refractivity contribution in [2.24, 2.45) is 0 Å². The Morgan fingerprint density at radius 1 is 1.35 bits per heavy atom. The third-order valence-corrected chi connectivity index (χ3v) is 6.29. The Morgan fingerprint density at radius 3 is 2.85 bits per heavy atom. The fourth-order valence-electron chi connectivity index (χ4n) is 3.12. The van der Waals surface area contributed by atoms with Crippen LogP contribution in [0.15, 0.2) is 0 Å². The van der Waals surface area contributed by atoms with Crippen LogP contribution in [0, 0.1) is 0 Å². The van der Waals surface area contributed by atoms with Gasteiger partial charge in [-0.15, -0.1) is 0 Å². The van der Waals surface area contributed by atoms with E-state index in [1.54, 1.807) is 11.4 Å². The highest BCUT2D eigenvalue weighted by Crippen LogP contribution is 2.30. The summed E-state index contributed by atoms with van der Waals surface area (Å²) >= 11 is 0. The van der Waals surface area contributed by atoms with Gasteiger partial charge in [0.1, 0.15) is 0 Å². The average Bonchev–Trinajstić information content (AvgIpc) is 2.46. The molecule has 0 amide bonds. The van der Waals surface area contributed by atoms with E-state index in [1.807, 2.05) is 7.05 Å². The number of ether oxygens (including phenoxy) is 1. The molecule has 2 aliphatic rings. The third kappa shape index (κ3) is 3.51. The van der Waals surface area contributed by atoms with Gasteiger partial charge in [-0.25, -0.2) is 0 Å².